The zero-order valence-corrected chi connectivity index (χ0v) is 10.8. The molecule has 0 aromatic carbocycles. The highest BCUT2D eigenvalue weighted by Gasteiger charge is 2.37. The lowest BCUT2D eigenvalue weighted by atomic mass is 10.1. The number of aromatic nitrogens is 3. The van der Waals surface area contributed by atoms with Crippen LogP contribution >= 0.6 is 0 Å². The summed E-state index contributed by atoms with van der Waals surface area (Å²) >= 11 is 0. The highest BCUT2D eigenvalue weighted by molar-refractivity contribution is 5.32. The van der Waals surface area contributed by atoms with Gasteiger partial charge in [-0.3, -0.25) is 5.10 Å². The predicted molar refractivity (Wildman–Crippen MR) is 67.2 cm³/mol. The third-order valence-corrected chi connectivity index (χ3v) is 3.79. The van der Waals surface area contributed by atoms with Crippen molar-refractivity contribution in [2.24, 2.45) is 5.92 Å². The molecule has 2 fully saturated rings. The van der Waals surface area contributed by atoms with Gasteiger partial charge in [-0.25, -0.2) is 0 Å². The van der Waals surface area contributed by atoms with Crippen LogP contribution in [0.4, 0.5) is 5.95 Å². The Labute approximate surface area is 102 Å². The van der Waals surface area contributed by atoms with Gasteiger partial charge in [0.25, 0.3) is 0 Å². The van der Waals surface area contributed by atoms with E-state index in [2.05, 4.69) is 46.2 Å². The van der Waals surface area contributed by atoms with E-state index in [1.165, 1.54) is 6.42 Å². The average Bonchev–Trinajstić information content (AvgIpc) is 2.80. The number of nitrogens with zero attached hydrogens (tertiary/aromatic N) is 3. The van der Waals surface area contributed by atoms with Crippen molar-refractivity contribution in [1.82, 2.24) is 20.5 Å². The van der Waals surface area contributed by atoms with Crippen LogP contribution in [-0.2, 0) is 0 Å². The molecular formula is C12H21N5. The molecule has 5 nitrogen and oxygen atoms in total. The van der Waals surface area contributed by atoms with Crippen molar-refractivity contribution in [3.8, 4) is 0 Å². The number of hydrogen-bond donors (Lipinski definition) is 2. The van der Waals surface area contributed by atoms with Crippen LogP contribution in [0.1, 0.15) is 38.9 Å². The van der Waals surface area contributed by atoms with Crippen molar-refractivity contribution in [2.45, 2.75) is 45.2 Å². The summed E-state index contributed by atoms with van der Waals surface area (Å²) in [5.41, 5.74) is 0. The summed E-state index contributed by atoms with van der Waals surface area (Å²) < 4.78 is 0. The summed E-state index contributed by atoms with van der Waals surface area (Å²) in [4.78, 5) is 6.92. The van der Waals surface area contributed by atoms with E-state index < -0.39 is 0 Å². The summed E-state index contributed by atoms with van der Waals surface area (Å²) in [7, 11) is 0. The van der Waals surface area contributed by atoms with Gasteiger partial charge >= 0.3 is 0 Å². The first-order valence-corrected chi connectivity index (χ1v) is 6.56. The molecular weight excluding hydrogens is 214 g/mol. The second-order valence-corrected chi connectivity index (χ2v) is 5.71. The molecule has 2 N–H and O–H groups in total. The highest BCUT2D eigenvalue weighted by atomic mass is 15.4. The summed E-state index contributed by atoms with van der Waals surface area (Å²) in [5, 5.41) is 11.0. The van der Waals surface area contributed by atoms with E-state index in [9.17, 15) is 0 Å². The molecule has 1 aliphatic heterocycles. The van der Waals surface area contributed by atoms with Gasteiger partial charge in [0.05, 0.1) is 0 Å². The highest BCUT2D eigenvalue weighted by Crippen LogP contribution is 2.45. The zero-order valence-electron chi connectivity index (χ0n) is 10.8. The molecule has 5 heteroatoms. The van der Waals surface area contributed by atoms with Crippen LogP contribution in [0, 0.1) is 5.92 Å². The molecule has 0 bridgehead atoms. The predicted octanol–water partition coefficient (Wildman–Crippen LogP) is 1.11. The molecule has 4 atom stereocenters. The molecule has 2 heterocycles. The van der Waals surface area contributed by atoms with Crippen molar-refractivity contribution in [3.63, 3.8) is 0 Å². The van der Waals surface area contributed by atoms with E-state index in [0.29, 0.717) is 18.0 Å². The quantitative estimate of drug-likeness (QED) is 0.806. The molecule has 0 radical (unpaired) electrons. The first kappa shape index (κ1) is 11.0. The van der Waals surface area contributed by atoms with Gasteiger partial charge in [0.2, 0.25) is 5.95 Å². The minimum absolute atomic E-state index is 0.501. The number of hydrogen-bond acceptors (Lipinski definition) is 4. The number of H-pyrrole nitrogens is 1. The Morgan fingerprint density at radius 1 is 1.18 bits per heavy atom. The molecule has 1 saturated carbocycles. The fourth-order valence-electron chi connectivity index (χ4n) is 2.77. The van der Waals surface area contributed by atoms with Crippen LogP contribution in [0.25, 0.3) is 0 Å². The maximum absolute atomic E-state index is 4.65. The number of rotatable bonds is 2. The first-order chi connectivity index (χ1) is 8.13. The molecule has 17 heavy (non-hydrogen) atoms. The third kappa shape index (κ3) is 2.16. The topological polar surface area (TPSA) is 56.8 Å². The molecule has 1 aliphatic carbocycles. The lowest BCUT2D eigenvalue weighted by Crippen LogP contribution is -2.54. The van der Waals surface area contributed by atoms with Crippen molar-refractivity contribution in [1.29, 1.82) is 0 Å². The van der Waals surface area contributed by atoms with Crippen LogP contribution in [0.3, 0.4) is 0 Å². The second kappa shape index (κ2) is 3.98. The molecule has 1 saturated heterocycles. The summed E-state index contributed by atoms with van der Waals surface area (Å²) in [5.74, 6) is 3.34. The van der Waals surface area contributed by atoms with Crippen molar-refractivity contribution in [3.05, 3.63) is 5.82 Å². The Balaban J connectivity index is 1.72. The van der Waals surface area contributed by atoms with Crippen molar-refractivity contribution in [2.75, 3.05) is 18.0 Å². The molecule has 1 aromatic rings. The van der Waals surface area contributed by atoms with E-state index in [1.54, 1.807) is 0 Å². The van der Waals surface area contributed by atoms with Crippen LogP contribution < -0.4 is 10.2 Å². The van der Waals surface area contributed by atoms with Gasteiger partial charge in [-0.15, -0.1) is 5.10 Å². The lowest BCUT2D eigenvalue weighted by molar-refractivity contribution is 0.403. The van der Waals surface area contributed by atoms with Gasteiger partial charge in [-0.05, 0) is 26.2 Å². The monoisotopic (exact) mass is 235 g/mol. The SMILES string of the molecule is CC1CN(c2n[nH]c(C3CC3C)n2)CC(C)N1. The molecule has 2 aliphatic rings. The minimum Gasteiger partial charge on any atom is -0.336 e. The van der Waals surface area contributed by atoms with Crippen LogP contribution in [0.5, 0.6) is 0 Å². The Hall–Kier alpha value is -1.10. The normalized spacial score (nSPS) is 37.2. The van der Waals surface area contributed by atoms with Gasteiger partial charge in [-0.1, -0.05) is 6.92 Å². The van der Waals surface area contributed by atoms with Crippen molar-refractivity contribution >= 4 is 5.95 Å². The number of aromatic amines is 1. The fourth-order valence-corrected chi connectivity index (χ4v) is 2.77. The summed E-state index contributed by atoms with van der Waals surface area (Å²) in [6.45, 7) is 8.66. The molecule has 3 rings (SSSR count). The van der Waals surface area contributed by atoms with Crippen LogP contribution in [0.2, 0.25) is 0 Å². The van der Waals surface area contributed by atoms with Gasteiger partial charge in [-0.2, -0.15) is 4.98 Å². The van der Waals surface area contributed by atoms with Crippen LogP contribution in [-0.4, -0.2) is 40.4 Å². The molecule has 0 amide bonds. The van der Waals surface area contributed by atoms with Crippen LogP contribution in [0.15, 0.2) is 0 Å². The average molecular weight is 235 g/mol. The number of piperazine rings is 1. The first-order valence-electron chi connectivity index (χ1n) is 6.56. The maximum atomic E-state index is 4.65. The van der Waals surface area contributed by atoms with E-state index in [0.717, 1.165) is 30.8 Å². The van der Waals surface area contributed by atoms with Gasteiger partial charge in [0.15, 0.2) is 0 Å². The molecule has 0 spiro atoms. The standard InChI is InChI=1S/C12H21N5/c1-7-4-10(7)11-14-12(16-15-11)17-5-8(2)13-9(3)6-17/h7-10,13H,4-6H2,1-3H3,(H,14,15,16). The lowest BCUT2D eigenvalue weighted by Gasteiger charge is -2.35. The summed E-state index contributed by atoms with van der Waals surface area (Å²) in [6, 6.07) is 1.00. The molecule has 4 unspecified atom stereocenters. The van der Waals surface area contributed by atoms with E-state index in [4.69, 9.17) is 0 Å². The zero-order chi connectivity index (χ0) is 12.0. The molecule has 94 valence electrons. The van der Waals surface area contributed by atoms with Gasteiger partial charge < -0.3 is 10.2 Å². The van der Waals surface area contributed by atoms with Gasteiger partial charge in [0.1, 0.15) is 5.82 Å². The van der Waals surface area contributed by atoms with Crippen molar-refractivity contribution < 1.29 is 0 Å². The summed E-state index contributed by atoms with van der Waals surface area (Å²) in [6.07, 6.45) is 1.25. The largest absolute Gasteiger partial charge is 0.336 e. The minimum atomic E-state index is 0.501. The Morgan fingerprint density at radius 2 is 1.82 bits per heavy atom. The smallest absolute Gasteiger partial charge is 0.244 e. The maximum Gasteiger partial charge on any atom is 0.244 e. The fraction of sp³-hybridized carbons (Fsp3) is 0.833. The number of nitrogens with one attached hydrogen (secondary N) is 2. The Kier molecular flexibility index (Phi) is 2.58. The van der Waals surface area contributed by atoms with E-state index >= 15 is 0 Å². The Morgan fingerprint density at radius 3 is 2.41 bits per heavy atom. The van der Waals surface area contributed by atoms with E-state index in [1.807, 2.05) is 0 Å². The van der Waals surface area contributed by atoms with E-state index in [-0.39, 0.29) is 0 Å². The second-order valence-electron chi connectivity index (χ2n) is 5.71. The third-order valence-electron chi connectivity index (χ3n) is 3.79. The Bertz CT molecular complexity index is 391. The van der Waals surface area contributed by atoms with Gasteiger partial charge in [0, 0.05) is 31.1 Å². The number of anilines is 1. The molecule has 1 aromatic heterocycles.